The molecule has 0 radical (unpaired) electrons. The van der Waals surface area contributed by atoms with Gasteiger partial charge in [-0.15, -0.1) is 0 Å². The second-order valence-corrected chi connectivity index (χ2v) is 4.80. The van der Waals surface area contributed by atoms with Crippen molar-refractivity contribution in [2.45, 2.75) is 6.92 Å². The van der Waals surface area contributed by atoms with E-state index in [1.807, 2.05) is 0 Å². The van der Waals surface area contributed by atoms with E-state index >= 15 is 0 Å². The molecule has 0 amide bonds. The number of nitrogens with zero attached hydrogens (tertiary/aromatic N) is 2. The number of esters is 1. The van der Waals surface area contributed by atoms with E-state index < -0.39 is 5.97 Å². The summed E-state index contributed by atoms with van der Waals surface area (Å²) in [7, 11) is 0. The Kier molecular flexibility index (Phi) is 2.78. The minimum atomic E-state index is -0.458. The van der Waals surface area contributed by atoms with Crippen molar-refractivity contribution in [3.63, 3.8) is 0 Å². The maximum atomic E-state index is 13.3. The zero-order valence-corrected chi connectivity index (χ0v) is 11.5. The number of hydrogen-bond acceptors (Lipinski definition) is 3. The van der Waals surface area contributed by atoms with E-state index in [-0.39, 0.29) is 12.4 Å². The second kappa shape index (κ2) is 4.34. The summed E-state index contributed by atoms with van der Waals surface area (Å²) in [6.07, 6.45) is 1.43. The van der Waals surface area contributed by atoms with Crippen LogP contribution in [0.5, 0.6) is 0 Å². The Bertz CT molecular complexity index is 793. The zero-order valence-electron chi connectivity index (χ0n) is 9.91. The van der Waals surface area contributed by atoms with E-state index in [1.54, 1.807) is 11.4 Å². The number of benzene rings is 1. The lowest BCUT2D eigenvalue weighted by Gasteiger charge is -1.96. The molecule has 0 saturated heterocycles. The Morgan fingerprint density at radius 3 is 3.11 bits per heavy atom. The topological polar surface area (TPSA) is 59.4 Å². The van der Waals surface area contributed by atoms with E-state index in [0.29, 0.717) is 26.7 Å². The Morgan fingerprint density at radius 1 is 1.58 bits per heavy atom. The Balaban J connectivity index is 2.30. The van der Waals surface area contributed by atoms with Gasteiger partial charge in [0.15, 0.2) is 0 Å². The van der Waals surface area contributed by atoms with Crippen LogP contribution >= 0.6 is 15.9 Å². The number of nitrogens with one attached hydrogen (secondary N) is 1. The van der Waals surface area contributed by atoms with Crippen LogP contribution in [-0.2, 0) is 4.74 Å². The lowest BCUT2D eigenvalue weighted by Crippen LogP contribution is -2.03. The normalized spacial score (nSPS) is 11.3. The number of hydrogen-bond donors (Lipinski definition) is 1. The molecule has 0 aliphatic carbocycles. The van der Waals surface area contributed by atoms with Crippen molar-refractivity contribution in [1.82, 2.24) is 14.6 Å². The number of carbonyl (C=O) groups excluding carboxylic acids is 1. The van der Waals surface area contributed by atoms with Crippen LogP contribution in [0, 0.1) is 5.82 Å². The number of aromatic amines is 1. The van der Waals surface area contributed by atoms with Gasteiger partial charge in [0.2, 0.25) is 0 Å². The summed E-state index contributed by atoms with van der Waals surface area (Å²) >= 11 is 3.29. The van der Waals surface area contributed by atoms with Crippen molar-refractivity contribution in [1.29, 1.82) is 0 Å². The van der Waals surface area contributed by atoms with Gasteiger partial charge in [0.1, 0.15) is 22.5 Å². The number of carbonyl (C=O) groups is 1. The third-order valence-electron chi connectivity index (χ3n) is 2.76. The van der Waals surface area contributed by atoms with Crippen molar-refractivity contribution in [3.8, 4) is 0 Å². The van der Waals surface area contributed by atoms with Crippen LogP contribution < -0.4 is 0 Å². The van der Waals surface area contributed by atoms with Gasteiger partial charge >= 0.3 is 5.97 Å². The summed E-state index contributed by atoms with van der Waals surface area (Å²) in [6.45, 7) is 2.02. The van der Waals surface area contributed by atoms with Gasteiger partial charge in [0.25, 0.3) is 0 Å². The Hall–Kier alpha value is -1.89. The van der Waals surface area contributed by atoms with Gasteiger partial charge in [-0.3, -0.25) is 0 Å². The fourth-order valence-electron chi connectivity index (χ4n) is 2.00. The first kappa shape index (κ1) is 12.2. The van der Waals surface area contributed by atoms with Gasteiger partial charge in [0.05, 0.1) is 18.3 Å². The summed E-state index contributed by atoms with van der Waals surface area (Å²) in [6, 6.07) is 2.70. The second-order valence-electron chi connectivity index (χ2n) is 3.95. The van der Waals surface area contributed by atoms with E-state index in [2.05, 4.69) is 26.0 Å². The molecule has 1 N–H and O–H groups in total. The first-order chi connectivity index (χ1) is 9.11. The number of ether oxygens (including phenoxy) is 1. The lowest BCUT2D eigenvalue weighted by molar-refractivity contribution is 0.0528. The fourth-order valence-corrected chi connectivity index (χ4v) is 2.60. The van der Waals surface area contributed by atoms with Crippen LogP contribution in [0.25, 0.3) is 16.7 Å². The van der Waals surface area contributed by atoms with Gasteiger partial charge in [-0.1, -0.05) is 0 Å². The van der Waals surface area contributed by atoms with Crippen molar-refractivity contribution < 1.29 is 13.9 Å². The predicted octanol–water partition coefficient (Wildman–Crippen LogP) is 2.89. The molecule has 19 heavy (non-hydrogen) atoms. The van der Waals surface area contributed by atoms with Crippen LogP contribution in [0.15, 0.2) is 22.8 Å². The smallest absolute Gasteiger partial charge is 0.343 e. The highest BCUT2D eigenvalue weighted by atomic mass is 79.9. The van der Waals surface area contributed by atoms with E-state index in [0.717, 1.165) is 0 Å². The number of imidazole rings is 1. The summed E-state index contributed by atoms with van der Waals surface area (Å²) in [5.41, 5.74) is 2.04. The largest absolute Gasteiger partial charge is 0.462 e. The number of H-pyrrole nitrogens is 1. The molecular weight excluding hydrogens is 317 g/mol. The molecule has 3 aromatic rings. The summed E-state index contributed by atoms with van der Waals surface area (Å²) < 4.78 is 20.4. The van der Waals surface area contributed by atoms with Crippen LogP contribution in [0.1, 0.15) is 17.3 Å². The summed E-state index contributed by atoms with van der Waals surface area (Å²) in [4.78, 5) is 14.7. The number of rotatable bonds is 2. The first-order valence-electron chi connectivity index (χ1n) is 5.63. The van der Waals surface area contributed by atoms with Crippen molar-refractivity contribution in [2.75, 3.05) is 6.61 Å². The molecule has 0 aliphatic rings. The first-order valence-corrected chi connectivity index (χ1v) is 6.42. The molecule has 1 aromatic carbocycles. The van der Waals surface area contributed by atoms with Crippen LogP contribution in [0.4, 0.5) is 4.39 Å². The maximum Gasteiger partial charge on any atom is 0.343 e. The molecule has 0 unspecified atom stereocenters. The molecule has 0 fully saturated rings. The van der Waals surface area contributed by atoms with Crippen LogP contribution in [0.3, 0.4) is 0 Å². The molecule has 98 valence electrons. The minimum absolute atomic E-state index is 0.286. The van der Waals surface area contributed by atoms with Gasteiger partial charge in [-0.2, -0.15) is 5.10 Å². The monoisotopic (exact) mass is 325 g/mol. The van der Waals surface area contributed by atoms with Crippen molar-refractivity contribution in [3.05, 3.63) is 34.2 Å². The third-order valence-corrected chi connectivity index (χ3v) is 3.36. The van der Waals surface area contributed by atoms with E-state index in [1.165, 1.54) is 18.3 Å². The number of aromatic nitrogens is 3. The van der Waals surface area contributed by atoms with Crippen molar-refractivity contribution in [2.24, 2.45) is 0 Å². The van der Waals surface area contributed by atoms with Crippen LogP contribution in [-0.4, -0.2) is 27.2 Å². The van der Waals surface area contributed by atoms with Gasteiger partial charge in [-0.05, 0) is 35.0 Å². The lowest BCUT2D eigenvalue weighted by atomic mass is 10.3. The summed E-state index contributed by atoms with van der Waals surface area (Å²) in [5, 5.41) is 4.13. The minimum Gasteiger partial charge on any atom is -0.462 e. The third kappa shape index (κ3) is 1.81. The average Bonchev–Trinajstić information content (AvgIpc) is 2.86. The number of halogens is 2. The Labute approximate surface area is 115 Å². The molecular formula is C12H9BrFN3O2. The molecule has 0 aliphatic heterocycles. The molecule has 3 rings (SSSR count). The highest BCUT2D eigenvalue weighted by Gasteiger charge is 2.18. The molecule has 0 atom stereocenters. The average molecular weight is 326 g/mol. The van der Waals surface area contributed by atoms with E-state index in [4.69, 9.17) is 4.74 Å². The fraction of sp³-hybridized carbons (Fsp3) is 0.167. The molecule has 0 bridgehead atoms. The molecule has 2 aromatic heterocycles. The highest BCUT2D eigenvalue weighted by molar-refractivity contribution is 9.10. The molecule has 2 heterocycles. The van der Waals surface area contributed by atoms with E-state index in [9.17, 15) is 9.18 Å². The molecule has 7 heteroatoms. The highest BCUT2D eigenvalue weighted by Crippen LogP contribution is 2.27. The zero-order chi connectivity index (χ0) is 13.6. The number of fused-ring (bicyclic) bond motifs is 3. The SMILES string of the molecule is CCOC(=O)c1cnn2c1[nH]c1cc(F)cc(Br)c12. The van der Waals surface area contributed by atoms with Gasteiger partial charge in [-0.25, -0.2) is 13.7 Å². The van der Waals surface area contributed by atoms with Crippen molar-refractivity contribution >= 4 is 38.6 Å². The van der Waals surface area contributed by atoms with Gasteiger partial charge < -0.3 is 9.72 Å². The molecule has 0 spiro atoms. The Morgan fingerprint density at radius 2 is 2.37 bits per heavy atom. The maximum absolute atomic E-state index is 13.3. The quantitative estimate of drug-likeness (QED) is 0.737. The van der Waals surface area contributed by atoms with Gasteiger partial charge in [0, 0.05) is 4.47 Å². The van der Waals surface area contributed by atoms with Crippen LogP contribution in [0.2, 0.25) is 0 Å². The summed E-state index contributed by atoms with van der Waals surface area (Å²) in [5.74, 6) is -0.831. The predicted molar refractivity (Wildman–Crippen MR) is 70.7 cm³/mol. The molecule has 0 saturated carbocycles. The standard InChI is InChI=1S/C12H9BrFN3O2/c1-2-19-12(18)7-5-15-17-10-8(13)3-6(14)4-9(10)16-11(7)17/h3-5,16H,2H2,1H3. The molecule has 5 nitrogen and oxygen atoms in total.